The fraction of sp³-hybridized carbons (Fsp3) is 0.111. The van der Waals surface area contributed by atoms with Crippen LogP contribution in [0.15, 0.2) is 66.1 Å². The van der Waals surface area contributed by atoms with Crippen molar-refractivity contribution < 1.29 is 13.2 Å². The second kappa shape index (κ2) is 8.24. The summed E-state index contributed by atoms with van der Waals surface area (Å²) >= 11 is 0. The molecule has 0 saturated heterocycles. The van der Waals surface area contributed by atoms with Crippen molar-refractivity contribution in [2.24, 2.45) is 0 Å². The molecule has 0 bridgehead atoms. The molecule has 2 N–H and O–H groups in total. The van der Waals surface area contributed by atoms with Gasteiger partial charge in [0.15, 0.2) is 0 Å². The molecule has 2 rings (SSSR count). The lowest BCUT2D eigenvalue weighted by atomic mass is 10.1. The van der Waals surface area contributed by atoms with E-state index in [-0.39, 0.29) is 23.5 Å². The molecule has 0 spiro atoms. The molecule has 0 atom stereocenters. The Morgan fingerprint density at radius 1 is 1.20 bits per heavy atom. The van der Waals surface area contributed by atoms with E-state index in [0.29, 0.717) is 5.56 Å². The van der Waals surface area contributed by atoms with Gasteiger partial charge in [0.05, 0.1) is 16.5 Å². The van der Waals surface area contributed by atoms with E-state index in [9.17, 15) is 13.2 Å². The molecule has 25 heavy (non-hydrogen) atoms. The zero-order chi connectivity index (χ0) is 18.3. The first-order valence-electron chi connectivity index (χ1n) is 7.44. The predicted molar refractivity (Wildman–Crippen MR) is 94.2 cm³/mol. The van der Waals surface area contributed by atoms with E-state index >= 15 is 0 Å². The number of carbonyl (C=O) groups excluding carboxylic acids is 1. The van der Waals surface area contributed by atoms with Gasteiger partial charge in [0.2, 0.25) is 10.0 Å². The number of nitrogens with one attached hydrogen (secondary N) is 2. The van der Waals surface area contributed by atoms with E-state index in [1.807, 2.05) is 6.07 Å². The fourth-order valence-corrected chi connectivity index (χ4v) is 3.14. The molecule has 0 aliphatic rings. The van der Waals surface area contributed by atoms with Gasteiger partial charge in [0.1, 0.15) is 0 Å². The molecule has 0 radical (unpaired) electrons. The molecule has 128 valence electrons. The molecular formula is C18H17N3O3S. The Morgan fingerprint density at radius 3 is 2.68 bits per heavy atom. The molecular weight excluding hydrogens is 338 g/mol. The van der Waals surface area contributed by atoms with Gasteiger partial charge in [-0.15, -0.1) is 6.58 Å². The highest BCUT2D eigenvalue weighted by Gasteiger charge is 2.15. The zero-order valence-electron chi connectivity index (χ0n) is 13.4. The smallest absolute Gasteiger partial charge is 0.251 e. The van der Waals surface area contributed by atoms with Gasteiger partial charge in [-0.2, -0.15) is 5.26 Å². The quantitative estimate of drug-likeness (QED) is 0.742. The Hall–Kier alpha value is -2.95. The van der Waals surface area contributed by atoms with Crippen LogP contribution in [-0.4, -0.2) is 20.9 Å². The summed E-state index contributed by atoms with van der Waals surface area (Å²) in [6.45, 7) is 3.80. The van der Waals surface area contributed by atoms with Crippen LogP contribution < -0.4 is 10.0 Å². The first kappa shape index (κ1) is 18.4. The minimum absolute atomic E-state index is 0.00785. The number of rotatable bonds is 7. The van der Waals surface area contributed by atoms with Gasteiger partial charge in [0.25, 0.3) is 5.91 Å². The average molecular weight is 355 g/mol. The van der Waals surface area contributed by atoms with Crippen LogP contribution in [0.3, 0.4) is 0 Å². The topological polar surface area (TPSA) is 99.1 Å². The number of nitriles is 1. The summed E-state index contributed by atoms with van der Waals surface area (Å²) in [5, 5.41) is 11.6. The number of nitrogens with zero attached hydrogens (tertiary/aromatic N) is 1. The maximum atomic E-state index is 12.3. The van der Waals surface area contributed by atoms with Crippen molar-refractivity contribution in [3.05, 3.63) is 77.9 Å². The standard InChI is InChI=1S/C18H17N3O3S/c1-2-9-21-25(23,24)17-8-4-7-16(11-17)18(22)20-13-15-6-3-5-14(10-15)12-19/h2-8,10-11,21H,1,9,13H2,(H,20,22). The van der Waals surface area contributed by atoms with E-state index in [0.717, 1.165) is 5.56 Å². The van der Waals surface area contributed by atoms with Crippen molar-refractivity contribution in [2.45, 2.75) is 11.4 Å². The van der Waals surface area contributed by atoms with E-state index < -0.39 is 15.9 Å². The highest BCUT2D eigenvalue weighted by molar-refractivity contribution is 7.89. The average Bonchev–Trinajstić information content (AvgIpc) is 2.64. The molecule has 7 heteroatoms. The number of sulfonamides is 1. The Kier molecular flexibility index (Phi) is 6.06. The molecule has 0 aliphatic carbocycles. The van der Waals surface area contributed by atoms with Crippen LogP contribution in [0.5, 0.6) is 0 Å². The lowest BCUT2D eigenvalue weighted by Gasteiger charge is -2.08. The zero-order valence-corrected chi connectivity index (χ0v) is 14.2. The SMILES string of the molecule is C=CCNS(=O)(=O)c1cccc(C(=O)NCc2cccc(C#N)c2)c1. The summed E-state index contributed by atoms with van der Waals surface area (Å²) in [4.78, 5) is 12.3. The second-order valence-corrected chi connectivity index (χ2v) is 6.93. The third-order valence-electron chi connectivity index (χ3n) is 3.33. The van der Waals surface area contributed by atoms with Gasteiger partial charge in [-0.05, 0) is 35.9 Å². The Labute approximate surface area is 146 Å². The normalized spacial score (nSPS) is 10.7. The van der Waals surface area contributed by atoms with Crippen molar-refractivity contribution in [3.8, 4) is 6.07 Å². The van der Waals surface area contributed by atoms with E-state index in [1.165, 1.54) is 30.3 Å². The van der Waals surface area contributed by atoms with Crippen LogP contribution >= 0.6 is 0 Å². The second-order valence-electron chi connectivity index (χ2n) is 5.16. The van der Waals surface area contributed by atoms with Gasteiger partial charge < -0.3 is 5.32 Å². The van der Waals surface area contributed by atoms with Gasteiger partial charge in [-0.3, -0.25) is 4.79 Å². The molecule has 0 aromatic heterocycles. The Morgan fingerprint density at radius 2 is 1.96 bits per heavy atom. The molecule has 0 heterocycles. The molecule has 1 amide bonds. The van der Waals surface area contributed by atoms with Gasteiger partial charge in [0, 0.05) is 18.7 Å². The summed E-state index contributed by atoms with van der Waals surface area (Å²) in [5.74, 6) is -0.400. The van der Waals surface area contributed by atoms with Gasteiger partial charge >= 0.3 is 0 Å². The van der Waals surface area contributed by atoms with E-state index in [2.05, 4.69) is 16.6 Å². The highest BCUT2D eigenvalue weighted by atomic mass is 32.2. The lowest BCUT2D eigenvalue weighted by Crippen LogP contribution is -2.25. The number of hydrogen-bond acceptors (Lipinski definition) is 4. The first-order valence-corrected chi connectivity index (χ1v) is 8.92. The largest absolute Gasteiger partial charge is 0.348 e. The first-order chi connectivity index (χ1) is 12.0. The highest BCUT2D eigenvalue weighted by Crippen LogP contribution is 2.12. The van der Waals surface area contributed by atoms with Crippen molar-refractivity contribution in [3.63, 3.8) is 0 Å². The molecule has 6 nitrogen and oxygen atoms in total. The molecule has 0 fully saturated rings. The number of carbonyl (C=O) groups is 1. The summed E-state index contributed by atoms with van der Waals surface area (Å²) in [6.07, 6.45) is 1.43. The van der Waals surface area contributed by atoms with Crippen molar-refractivity contribution in [2.75, 3.05) is 6.54 Å². The minimum atomic E-state index is -3.69. The van der Waals surface area contributed by atoms with E-state index in [4.69, 9.17) is 5.26 Å². The number of hydrogen-bond donors (Lipinski definition) is 2. The number of amides is 1. The van der Waals surface area contributed by atoms with E-state index in [1.54, 1.807) is 24.3 Å². The van der Waals surface area contributed by atoms with Crippen molar-refractivity contribution in [1.29, 1.82) is 5.26 Å². The van der Waals surface area contributed by atoms with Crippen LogP contribution in [0.2, 0.25) is 0 Å². The molecule has 2 aromatic carbocycles. The monoisotopic (exact) mass is 355 g/mol. The summed E-state index contributed by atoms with van der Waals surface area (Å²) < 4.78 is 26.5. The van der Waals surface area contributed by atoms with Crippen LogP contribution in [0.1, 0.15) is 21.5 Å². The predicted octanol–water partition coefficient (Wildman–Crippen LogP) is 1.95. The summed E-state index contributed by atoms with van der Waals surface area (Å²) in [6, 6.07) is 14.7. The lowest BCUT2D eigenvalue weighted by molar-refractivity contribution is 0.0950. The fourth-order valence-electron chi connectivity index (χ4n) is 2.09. The molecule has 0 saturated carbocycles. The maximum Gasteiger partial charge on any atom is 0.251 e. The molecule has 0 unspecified atom stereocenters. The Bertz CT molecular complexity index is 931. The maximum absolute atomic E-state index is 12.3. The summed E-state index contributed by atoms with van der Waals surface area (Å²) in [5.41, 5.74) is 1.52. The van der Waals surface area contributed by atoms with Crippen LogP contribution in [0.4, 0.5) is 0 Å². The summed E-state index contributed by atoms with van der Waals surface area (Å²) in [7, 11) is -3.69. The molecule has 0 aliphatic heterocycles. The van der Waals surface area contributed by atoms with Crippen molar-refractivity contribution >= 4 is 15.9 Å². The number of benzene rings is 2. The third-order valence-corrected chi connectivity index (χ3v) is 4.75. The third kappa shape index (κ3) is 5.01. The minimum Gasteiger partial charge on any atom is -0.348 e. The van der Waals surface area contributed by atoms with Gasteiger partial charge in [-0.25, -0.2) is 13.1 Å². The van der Waals surface area contributed by atoms with Crippen LogP contribution in [0, 0.1) is 11.3 Å². The van der Waals surface area contributed by atoms with Crippen LogP contribution in [-0.2, 0) is 16.6 Å². The molecule has 2 aromatic rings. The van der Waals surface area contributed by atoms with Crippen LogP contribution in [0.25, 0.3) is 0 Å². The van der Waals surface area contributed by atoms with Gasteiger partial charge in [-0.1, -0.05) is 24.3 Å². The Balaban J connectivity index is 2.11. The van der Waals surface area contributed by atoms with Crippen molar-refractivity contribution in [1.82, 2.24) is 10.0 Å².